The first-order chi connectivity index (χ1) is 13.3. The third-order valence-electron chi connectivity index (χ3n) is 4.73. The van der Waals surface area contributed by atoms with E-state index in [1.807, 2.05) is 41.0 Å². The van der Waals surface area contributed by atoms with Gasteiger partial charge in [-0.3, -0.25) is 14.3 Å². The van der Waals surface area contributed by atoms with Gasteiger partial charge in [0.15, 0.2) is 5.65 Å². The van der Waals surface area contributed by atoms with Gasteiger partial charge in [-0.1, -0.05) is 6.07 Å². The van der Waals surface area contributed by atoms with Crippen LogP contribution in [-0.4, -0.2) is 64.7 Å². The molecule has 3 heterocycles. The quantitative estimate of drug-likeness (QED) is 0.675. The monoisotopic (exact) mass is 365 g/mol. The molecule has 7 heteroatoms. The van der Waals surface area contributed by atoms with Crippen LogP contribution in [0.5, 0.6) is 0 Å². The summed E-state index contributed by atoms with van der Waals surface area (Å²) in [4.78, 5) is 23.6. The van der Waals surface area contributed by atoms with Crippen molar-refractivity contribution < 1.29 is 9.53 Å². The highest BCUT2D eigenvalue weighted by Crippen LogP contribution is 2.17. The molecule has 140 valence electrons. The summed E-state index contributed by atoms with van der Waals surface area (Å²) in [5, 5.41) is 3.01. The predicted molar refractivity (Wildman–Crippen MR) is 103 cm³/mol. The lowest BCUT2D eigenvalue weighted by Crippen LogP contribution is -2.38. The van der Waals surface area contributed by atoms with Gasteiger partial charge in [0.2, 0.25) is 0 Å². The smallest absolute Gasteiger partial charge is 0.251 e. The summed E-state index contributed by atoms with van der Waals surface area (Å²) in [6.07, 6.45) is 4.41. The number of carbonyl (C=O) groups excluding carboxylic acids is 1. The molecular weight excluding hydrogens is 342 g/mol. The van der Waals surface area contributed by atoms with Crippen LogP contribution in [0.3, 0.4) is 0 Å². The fourth-order valence-corrected chi connectivity index (χ4v) is 3.27. The van der Waals surface area contributed by atoms with Crippen molar-refractivity contribution in [3.05, 3.63) is 54.5 Å². The van der Waals surface area contributed by atoms with Gasteiger partial charge < -0.3 is 10.1 Å². The fourth-order valence-electron chi connectivity index (χ4n) is 3.27. The number of amides is 1. The molecule has 0 spiro atoms. The van der Waals surface area contributed by atoms with Crippen LogP contribution in [0, 0.1) is 0 Å². The maximum Gasteiger partial charge on any atom is 0.251 e. The Hall–Kier alpha value is -2.77. The second-order valence-corrected chi connectivity index (χ2v) is 6.57. The number of benzene rings is 1. The third-order valence-corrected chi connectivity index (χ3v) is 4.73. The van der Waals surface area contributed by atoms with E-state index in [2.05, 4.69) is 20.2 Å². The van der Waals surface area contributed by atoms with Crippen LogP contribution in [0.2, 0.25) is 0 Å². The molecule has 2 aromatic heterocycles. The van der Waals surface area contributed by atoms with E-state index < -0.39 is 0 Å². The molecule has 4 rings (SSSR count). The zero-order valence-electron chi connectivity index (χ0n) is 15.2. The SMILES string of the molecule is O=C(NCCCN1CCOCC1)c1cccc(-n2cnc3cccnc32)c1. The van der Waals surface area contributed by atoms with Crippen LogP contribution in [-0.2, 0) is 4.74 Å². The van der Waals surface area contributed by atoms with E-state index in [1.165, 1.54) is 0 Å². The molecule has 0 radical (unpaired) electrons. The predicted octanol–water partition coefficient (Wildman–Crippen LogP) is 1.87. The number of morpholine rings is 1. The molecule has 0 atom stereocenters. The molecule has 1 amide bonds. The summed E-state index contributed by atoms with van der Waals surface area (Å²) in [7, 11) is 0. The molecule has 27 heavy (non-hydrogen) atoms. The second-order valence-electron chi connectivity index (χ2n) is 6.57. The average molecular weight is 365 g/mol. The van der Waals surface area contributed by atoms with E-state index in [9.17, 15) is 4.79 Å². The molecule has 1 aliphatic rings. The molecule has 1 N–H and O–H groups in total. The Labute approximate surface area is 158 Å². The number of nitrogens with one attached hydrogen (secondary N) is 1. The van der Waals surface area contributed by atoms with Crippen molar-refractivity contribution in [2.45, 2.75) is 6.42 Å². The molecular formula is C20H23N5O2. The largest absolute Gasteiger partial charge is 0.379 e. The minimum Gasteiger partial charge on any atom is -0.379 e. The molecule has 0 bridgehead atoms. The highest BCUT2D eigenvalue weighted by Gasteiger charge is 2.11. The number of rotatable bonds is 6. The molecule has 3 aromatic rings. The Morgan fingerprint density at radius 2 is 2.04 bits per heavy atom. The van der Waals surface area contributed by atoms with Crippen LogP contribution in [0.4, 0.5) is 0 Å². The Kier molecular flexibility index (Phi) is 5.41. The van der Waals surface area contributed by atoms with Crippen molar-refractivity contribution in [2.75, 3.05) is 39.4 Å². The first-order valence-electron chi connectivity index (χ1n) is 9.28. The van der Waals surface area contributed by atoms with Gasteiger partial charge >= 0.3 is 0 Å². The van der Waals surface area contributed by atoms with Gasteiger partial charge in [0.05, 0.1) is 13.2 Å². The van der Waals surface area contributed by atoms with Crippen molar-refractivity contribution in [1.29, 1.82) is 0 Å². The first kappa shape index (κ1) is 17.6. The number of hydrogen-bond donors (Lipinski definition) is 1. The Bertz CT molecular complexity index is 917. The number of ether oxygens (including phenoxy) is 1. The van der Waals surface area contributed by atoms with Crippen LogP contribution >= 0.6 is 0 Å². The summed E-state index contributed by atoms with van der Waals surface area (Å²) in [5.74, 6) is -0.0591. The number of aromatic nitrogens is 3. The zero-order chi connectivity index (χ0) is 18.5. The van der Waals surface area contributed by atoms with Gasteiger partial charge in [0.1, 0.15) is 11.8 Å². The molecule has 0 unspecified atom stereocenters. The summed E-state index contributed by atoms with van der Waals surface area (Å²) in [5.41, 5.74) is 3.12. The van der Waals surface area contributed by atoms with Crippen molar-refractivity contribution in [2.24, 2.45) is 0 Å². The topological polar surface area (TPSA) is 72.3 Å². The third kappa shape index (κ3) is 4.15. The first-order valence-corrected chi connectivity index (χ1v) is 9.28. The molecule has 1 fully saturated rings. The van der Waals surface area contributed by atoms with Gasteiger partial charge in [-0.2, -0.15) is 0 Å². The molecule has 7 nitrogen and oxygen atoms in total. The number of carbonyl (C=O) groups is 1. The van der Waals surface area contributed by atoms with E-state index in [1.54, 1.807) is 12.5 Å². The van der Waals surface area contributed by atoms with Gasteiger partial charge in [-0.25, -0.2) is 9.97 Å². The highest BCUT2D eigenvalue weighted by atomic mass is 16.5. The maximum atomic E-state index is 12.5. The summed E-state index contributed by atoms with van der Waals surface area (Å²) < 4.78 is 7.24. The number of nitrogens with zero attached hydrogens (tertiary/aromatic N) is 4. The Balaban J connectivity index is 1.37. The lowest BCUT2D eigenvalue weighted by atomic mass is 10.2. The van der Waals surface area contributed by atoms with Crippen LogP contribution in [0.1, 0.15) is 16.8 Å². The van der Waals surface area contributed by atoms with Gasteiger partial charge in [0, 0.05) is 37.1 Å². The van der Waals surface area contributed by atoms with Gasteiger partial charge in [-0.05, 0) is 43.3 Å². The molecule has 1 aliphatic heterocycles. The highest BCUT2D eigenvalue weighted by molar-refractivity contribution is 5.94. The van der Waals surface area contributed by atoms with Crippen molar-refractivity contribution >= 4 is 17.1 Å². The summed E-state index contributed by atoms with van der Waals surface area (Å²) in [6.45, 7) is 5.20. The fraction of sp³-hybridized carbons (Fsp3) is 0.350. The molecule has 0 saturated carbocycles. The number of fused-ring (bicyclic) bond motifs is 1. The van der Waals surface area contributed by atoms with Crippen molar-refractivity contribution in [3.8, 4) is 5.69 Å². The number of hydrogen-bond acceptors (Lipinski definition) is 5. The van der Waals surface area contributed by atoms with E-state index in [0.29, 0.717) is 12.1 Å². The molecule has 1 aromatic carbocycles. The minimum absolute atomic E-state index is 0.0591. The van der Waals surface area contributed by atoms with Crippen LogP contribution in [0.25, 0.3) is 16.9 Å². The van der Waals surface area contributed by atoms with E-state index in [-0.39, 0.29) is 5.91 Å². The van der Waals surface area contributed by atoms with Crippen molar-refractivity contribution in [1.82, 2.24) is 24.8 Å². The van der Waals surface area contributed by atoms with Gasteiger partial charge in [0.25, 0.3) is 5.91 Å². The number of pyridine rings is 1. The normalized spacial score (nSPS) is 15.1. The average Bonchev–Trinajstić information content (AvgIpc) is 3.16. The zero-order valence-corrected chi connectivity index (χ0v) is 15.2. The van der Waals surface area contributed by atoms with Crippen LogP contribution in [0.15, 0.2) is 48.9 Å². The summed E-state index contributed by atoms with van der Waals surface area (Å²) >= 11 is 0. The lowest BCUT2D eigenvalue weighted by molar-refractivity contribution is 0.0374. The lowest BCUT2D eigenvalue weighted by Gasteiger charge is -2.26. The standard InChI is InChI=1S/C20H23N5O2/c26-20(22-8-3-9-24-10-12-27-13-11-24)16-4-1-5-17(14-16)25-15-23-18-6-2-7-21-19(18)25/h1-2,4-7,14-15H,3,8-13H2,(H,22,26). The summed E-state index contributed by atoms with van der Waals surface area (Å²) in [6, 6.07) is 11.3. The minimum atomic E-state index is -0.0591. The molecule has 0 aliphatic carbocycles. The van der Waals surface area contributed by atoms with Gasteiger partial charge in [-0.15, -0.1) is 0 Å². The molecule has 1 saturated heterocycles. The van der Waals surface area contributed by atoms with Crippen LogP contribution < -0.4 is 5.32 Å². The van der Waals surface area contributed by atoms with E-state index >= 15 is 0 Å². The Morgan fingerprint density at radius 1 is 1.15 bits per heavy atom. The number of imidazole rings is 1. The second kappa shape index (κ2) is 8.28. The Morgan fingerprint density at radius 3 is 2.93 bits per heavy atom. The van der Waals surface area contributed by atoms with E-state index in [0.717, 1.165) is 56.1 Å². The maximum absolute atomic E-state index is 12.5. The van der Waals surface area contributed by atoms with E-state index in [4.69, 9.17) is 4.74 Å². The van der Waals surface area contributed by atoms with Crippen molar-refractivity contribution in [3.63, 3.8) is 0 Å².